The molecule has 0 spiro atoms. The van der Waals surface area contributed by atoms with E-state index >= 15 is 0 Å². The SMILES string of the molecule is CC(C)(C)CNC(=O)c1cn(C2CNC2)nn1. The van der Waals surface area contributed by atoms with Crippen LogP contribution < -0.4 is 10.6 Å². The molecular formula is C11H19N5O. The van der Waals surface area contributed by atoms with E-state index in [9.17, 15) is 4.79 Å². The standard InChI is InChI=1S/C11H19N5O/c1-11(2,3)7-13-10(17)9-6-16(15-14-9)8-4-12-5-8/h6,8,12H,4-5,7H2,1-3H3,(H,13,17). The van der Waals surface area contributed by atoms with Gasteiger partial charge in [0.05, 0.1) is 12.2 Å². The Kier molecular flexibility index (Phi) is 3.15. The Bertz CT molecular complexity index is 402. The van der Waals surface area contributed by atoms with Crippen molar-refractivity contribution in [2.24, 2.45) is 5.41 Å². The van der Waals surface area contributed by atoms with Crippen LogP contribution >= 0.6 is 0 Å². The number of aromatic nitrogens is 3. The lowest BCUT2D eigenvalue weighted by Crippen LogP contribution is -2.43. The Morgan fingerprint density at radius 1 is 1.59 bits per heavy atom. The van der Waals surface area contributed by atoms with Crippen molar-refractivity contribution in [1.29, 1.82) is 0 Å². The lowest BCUT2D eigenvalue weighted by molar-refractivity contribution is 0.0934. The number of amides is 1. The van der Waals surface area contributed by atoms with Crippen molar-refractivity contribution >= 4 is 5.91 Å². The van der Waals surface area contributed by atoms with Gasteiger partial charge in [0.2, 0.25) is 0 Å². The van der Waals surface area contributed by atoms with Crippen molar-refractivity contribution in [2.45, 2.75) is 26.8 Å². The van der Waals surface area contributed by atoms with E-state index in [0.29, 0.717) is 18.3 Å². The summed E-state index contributed by atoms with van der Waals surface area (Å²) >= 11 is 0. The summed E-state index contributed by atoms with van der Waals surface area (Å²) in [5, 5.41) is 13.9. The first-order chi connectivity index (χ1) is 7.96. The minimum Gasteiger partial charge on any atom is -0.350 e. The van der Waals surface area contributed by atoms with Crippen LogP contribution in [0.1, 0.15) is 37.3 Å². The number of nitrogens with one attached hydrogen (secondary N) is 2. The molecule has 1 amide bonds. The highest BCUT2D eigenvalue weighted by Gasteiger charge is 2.22. The monoisotopic (exact) mass is 237 g/mol. The molecule has 6 heteroatoms. The first kappa shape index (κ1) is 12.0. The zero-order chi connectivity index (χ0) is 12.5. The summed E-state index contributed by atoms with van der Waals surface area (Å²) in [6.45, 7) is 8.64. The van der Waals surface area contributed by atoms with E-state index in [4.69, 9.17) is 0 Å². The molecule has 1 fully saturated rings. The molecule has 0 bridgehead atoms. The molecule has 2 rings (SSSR count). The molecule has 1 aromatic heterocycles. The van der Waals surface area contributed by atoms with Crippen molar-refractivity contribution in [3.05, 3.63) is 11.9 Å². The van der Waals surface area contributed by atoms with Crippen LogP contribution in [0.4, 0.5) is 0 Å². The van der Waals surface area contributed by atoms with Gasteiger partial charge in [-0.3, -0.25) is 4.79 Å². The average Bonchev–Trinajstić information content (AvgIpc) is 2.59. The molecule has 1 saturated heterocycles. The maximum atomic E-state index is 11.8. The molecule has 0 unspecified atom stereocenters. The Morgan fingerprint density at radius 3 is 2.82 bits per heavy atom. The smallest absolute Gasteiger partial charge is 0.273 e. The van der Waals surface area contributed by atoms with Gasteiger partial charge in [-0.15, -0.1) is 5.10 Å². The van der Waals surface area contributed by atoms with Gasteiger partial charge >= 0.3 is 0 Å². The second-order valence-corrected chi connectivity index (χ2v) is 5.64. The largest absolute Gasteiger partial charge is 0.350 e. The van der Waals surface area contributed by atoms with E-state index in [-0.39, 0.29) is 11.3 Å². The van der Waals surface area contributed by atoms with Crippen LogP contribution in [-0.4, -0.2) is 40.5 Å². The predicted molar refractivity (Wildman–Crippen MR) is 63.7 cm³/mol. The Balaban J connectivity index is 1.92. The van der Waals surface area contributed by atoms with E-state index in [0.717, 1.165) is 13.1 Å². The summed E-state index contributed by atoms with van der Waals surface area (Å²) in [7, 11) is 0. The normalized spacial score (nSPS) is 16.6. The van der Waals surface area contributed by atoms with Crippen molar-refractivity contribution < 1.29 is 4.79 Å². The van der Waals surface area contributed by atoms with Crippen LogP contribution in [0.3, 0.4) is 0 Å². The third-order valence-corrected chi connectivity index (χ3v) is 2.66. The van der Waals surface area contributed by atoms with Gasteiger partial charge in [-0.1, -0.05) is 26.0 Å². The third-order valence-electron chi connectivity index (χ3n) is 2.66. The van der Waals surface area contributed by atoms with Gasteiger partial charge in [-0.25, -0.2) is 4.68 Å². The molecule has 0 radical (unpaired) electrons. The van der Waals surface area contributed by atoms with Crippen LogP contribution in [0.2, 0.25) is 0 Å². The van der Waals surface area contributed by atoms with Crippen molar-refractivity contribution in [3.8, 4) is 0 Å². The fourth-order valence-corrected chi connectivity index (χ4v) is 1.46. The Labute approximate surface area is 101 Å². The van der Waals surface area contributed by atoms with Gasteiger partial charge in [-0.05, 0) is 5.41 Å². The zero-order valence-corrected chi connectivity index (χ0v) is 10.5. The third kappa shape index (κ3) is 3.03. The molecule has 17 heavy (non-hydrogen) atoms. The summed E-state index contributed by atoms with van der Waals surface area (Å²) in [4.78, 5) is 11.8. The lowest BCUT2D eigenvalue weighted by Gasteiger charge is -2.26. The van der Waals surface area contributed by atoms with Crippen LogP contribution in [0.15, 0.2) is 6.20 Å². The fourth-order valence-electron chi connectivity index (χ4n) is 1.46. The van der Waals surface area contributed by atoms with E-state index in [1.807, 2.05) is 0 Å². The maximum Gasteiger partial charge on any atom is 0.273 e. The number of hydrogen-bond acceptors (Lipinski definition) is 4. The van der Waals surface area contributed by atoms with Crippen molar-refractivity contribution in [1.82, 2.24) is 25.6 Å². The number of hydrogen-bond donors (Lipinski definition) is 2. The van der Waals surface area contributed by atoms with Gasteiger partial charge in [0.25, 0.3) is 5.91 Å². The summed E-state index contributed by atoms with van der Waals surface area (Å²) in [5.74, 6) is -0.154. The molecule has 0 saturated carbocycles. The first-order valence-electron chi connectivity index (χ1n) is 5.86. The minimum absolute atomic E-state index is 0.0730. The molecular weight excluding hydrogens is 218 g/mol. The fraction of sp³-hybridized carbons (Fsp3) is 0.727. The Morgan fingerprint density at radius 2 is 2.29 bits per heavy atom. The number of nitrogens with zero attached hydrogens (tertiary/aromatic N) is 3. The average molecular weight is 237 g/mol. The molecule has 0 aromatic carbocycles. The summed E-state index contributed by atoms with van der Waals surface area (Å²) in [6.07, 6.45) is 1.71. The highest BCUT2D eigenvalue weighted by Crippen LogP contribution is 2.12. The number of rotatable bonds is 3. The summed E-state index contributed by atoms with van der Waals surface area (Å²) in [6, 6.07) is 0.340. The van der Waals surface area contributed by atoms with Gasteiger partial charge in [0.15, 0.2) is 5.69 Å². The van der Waals surface area contributed by atoms with Crippen molar-refractivity contribution in [3.63, 3.8) is 0 Å². The predicted octanol–water partition coefficient (Wildman–Crippen LogP) is 0.198. The van der Waals surface area contributed by atoms with Crippen LogP contribution in [0.25, 0.3) is 0 Å². The van der Waals surface area contributed by atoms with Crippen molar-refractivity contribution in [2.75, 3.05) is 19.6 Å². The second-order valence-electron chi connectivity index (χ2n) is 5.64. The van der Waals surface area contributed by atoms with Crippen LogP contribution in [0, 0.1) is 5.41 Å². The van der Waals surface area contributed by atoms with Gasteiger partial charge in [-0.2, -0.15) is 0 Å². The molecule has 1 aliphatic rings. The van der Waals surface area contributed by atoms with E-state index < -0.39 is 0 Å². The zero-order valence-electron chi connectivity index (χ0n) is 10.5. The van der Waals surface area contributed by atoms with E-state index in [2.05, 4.69) is 41.7 Å². The molecule has 0 aliphatic carbocycles. The van der Waals surface area contributed by atoms with Crippen LogP contribution in [0.5, 0.6) is 0 Å². The minimum atomic E-state index is -0.154. The highest BCUT2D eigenvalue weighted by atomic mass is 16.2. The van der Waals surface area contributed by atoms with E-state index in [1.165, 1.54) is 0 Å². The molecule has 2 N–H and O–H groups in total. The molecule has 2 heterocycles. The van der Waals surface area contributed by atoms with Gasteiger partial charge in [0.1, 0.15) is 0 Å². The van der Waals surface area contributed by atoms with E-state index in [1.54, 1.807) is 10.9 Å². The second kappa shape index (κ2) is 4.44. The maximum absolute atomic E-state index is 11.8. The lowest BCUT2D eigenvalue weighted by atomic mass is 9.97. The Hall–Kier alpha value is -1.43. The van der Waals surface area contributed by atoms with Crippen LogP contribution in [-0.2, 0) is 0 Å². The number of carbonyl (C=O) groups excluding carboxylic acids is 1. The molecule has 0 atom stereocenters. The quantitative estimate of drug-likeness (QED) is 0.787. The first-order valence-corrected chi connectivity index (χ1v) is 5.86. The molecule has 94 valence electrons. The molecule has 1 aliphatic heterocycles. The summed E-state index contributed by atoms with van der Waals surface area (Å²) in [5.41, 5.74) is 0.463. The number of carbonyl (C=O) groups is 1. The molecule has 1 aromatic rings. The topological polar surface area (TPSA) is 71.8 Å². The highest BCUT2D eigenvalue weighted by molar-refractivity contribution is 5.91. The molecule has 6 nitrogen and oxygen atoms in total. The summed E-state index contributed by atoms with van der Waals surface area (Å²) < 4.78 is 1.75. The van der Waals surface area contributed by atoms with Gasteiger partial charge < -0.3 is 10.6 Å². The van der Waals surface area contributed by atoms with Gasteiger partial charge in [0, 0.05) is 19.6 Å².